The summed E-state index contributed by atoms with van der Waals surface area (Å²) >= 11 is 0. The maximum Gasteiger partial charge on any atom is 0.190 e. The van der Waals surface area contributed by atoms with Crippen molar-refractivity contribution in [2.75, 3.05) is 46.6 Å². The zero-order valence-electron chi connectivity index (χ0n) is 16.4. The Morgan fingerprint density at radius 3 is 2.50 bits per heavy atom. The van der Waals surface area contributed by atoms with Crippen molar-refractivity contribution in [1.29, 1.82) is 0 Å². The van der Waals surface area contributed by atoms with Crippen molar-refractivity contribution in [3.05, 3.63) is 35.4 Å². The van der Waals surface area contributed by atoms with Crippen LogP contribution in [0.3, 0.4) is 0 Å². The van der Waals surface area contributed by atoms with Crippen LogP contribution in [0.1, 0.15) is 37.3 Å². The number of ether oxygens (including phenoxy) is 2. The van der Waals surface area contributed by atoms with Gasteiger partial charge in [0.2, 0.25) is 0 Å². The molecule has 1 aromatic carbocycles. The molecule has 1 aliphatic heterocycles. The summed E-state index contributed by atoms with van der Waals surface area (Å²) in [6.07, 6.45) is 5.35. The average molecular weight is 362 g/mol. The van der Waals surface area contributed by atoms with E-state index in [2.05, 4.69) is 46.8 Å². The predicted molar refractivity (Wildman–Crippen MR) is 108 cm³/mol. The van der Waals surface area contributed by atoms with E-state index >= 15 is 0 Å². The number of guanidine groups is 1. The number of nitrogens with zero attached hydrogens (tertiary/aromatic N) is 1. The fourth-order valence-corrected chi connectivity index (χ4v) is 3.03. The molecule has 1 fully saturated rings. The molecule has 1 aliphatic rings. The molecule has 1 aromatic rings. The highest BCUT2D eigenvalue weighted by Crippen LogP contribution is 2.14. The van der Waals surface area contributed by atoms with Crippen LogP contribution in [0.2, 0.25) is 0 Å². The van der Waals surface area contributed by atoms with E-state index in [9.17, 15) is 0 Å². The SMILES string of the molecule is CCc1ccc(CCNC(=NC)NCCCOCC2CCOCC2)cc1. The van der Waals surface area contributed by atoms with Crippen LogP contribution in [-0.2, 0) is 22.3 Å². The Hall–Kier alpha value is -1.59. The number of hydrogen-bond donors (Lipinski definition) is 2. The van der Waals surface area contributed by atoms with Crippen molar-refractivity contribution in [3.63, 3.8) is 0 Å². The Morgan fingerprint density at radius 2 is 1.81 bits per heavy atom. The van der Waals surface area contributed by atoms with Crippen LogP contribution >= 0.6 is 0 Å². The molecular weight excluding hydrogens is 326 g/mol. The smallest absolute Gasteiger partial charge is 0.190 e. The molecule has 5 heteroatoms. The lowest BCUT2D eigenvalue weighted by Crippen LogP contribution is -2.39. The van der Waals surface area contributed by atoms with Crippen LogP contribution in [0.25, 0.3) is 0 Å². The highest BCUT2D eigenvalue weighted by Gasteiger charge is 2.13. The van der Waals surface area contributed by atoms with Gasteiger partial charge in [-0.3, -0.25) is 4.99 Å². The first kappa shape index (κ1) is 20.7. The van der Waals surface area contributed by atoms with Gasteiger partial charge in [-0.15, -0.1) is 0 Å². The van der Waals surface area contributed by atoms with Gasteiger partial charge in [-0.05, 0) is 49.1 Å². The number of aliphatic imine (C=N–C) groups is 1. The Morgan fingerprint density at radius 1 is 1.12 bits per heavy atom. The number of nitrogens with one attached hydrogen (secondary N) is 2. The van der Waals surface area contributed by atoms with E-state index in [1.807, 2.05) is 7.05 Å². The Kier molecular flexibility index (Phi) is 10.1. The molecule has 2 N–H and O–H groups in total. The minimum atomic E-state index is 0.678. The fourth-order valence-electron chi connectivity index (χ4n) is 3.03. The minimum absolute atomic E-state index is 0.678. The van der Waals surface area contributed by atoms with Gasteiger partial charge in [-0.1, -0.05) is 31.2 Å². The summed E-state index contributed by atoms with van der Waals surface area (Å²) in [5.74, 6) is 1.54. The van der Waals surface area contributed by atoms with Crippen molar-refractivity contribution in [3.8, 4) is 0 Å². The third-order valence-corrected chi connectivity index (χ3v) is 4.81. The van der Waals surface area contributed by atoms with E-state index in [-0.39, 0.29) is 0 Å². The predicted octanol–water partition coefficient (Wildman–Crippen LogP) is 2.79. The van der Waals surface area contributed by atoms with Crippen molar-refractivity contribution in [2.45, 2.75) is 39.0 Å². The maximum absolute atomic E-state index is 5.79. The Bertz CT molecular complexity index is 510. The van der Waals surface area contributed by atoms with Crippen molar-refractivity contribution in [1.82, 2.24) is 10.6 Å². The van der Waals surface area contributed by atoms with Gasteiger partial charge in [0.25, 0.3) is 0 Å². The van der Waals surface area contributed by atoms with E-state index in [0.29, 0.717) is 5.92 Å². The second-order valence-corrected chi connectivity index (χ2v) is 6.83. The molecule has 26 heavy (non-hydrogen) atoms. The van der Waals surface area contributed by atoms with Gasteiger partial charge in [0.1, 0.15) is 0 Å². The first-order chi connectivity index (χ1) is 12.8. The van der Waals surface area contributed by atoms with Crippen LogP contribution in [-0.4, -0.2) is 52.5 Å². The molecule has 0 unspecified atom stereocenters. The molecule has 0 spiro atoms. The Balaban J connectivity index is 1.50. The third-order valence-electron chi connectivity index (χ3n) is 4.81. The fraction of sp³-hybridized carbons (Fsp3) is 0.667. The first-order valence-corrected chi connectivity index (χ1v) is 9.99. The highest BCUT2D eigenvalue weighted by atomic mass is 16.5. The van der Waals surface area contributed by atoms with Gasteiger partial charge in [0.05, 0.1) is 0 Å². The van der Waals surface area contributed by atoms with Crippen molar-refractivity contribution < 1.29 is 9.47 Å². The standard InChI is InChI=1S/C21H35N3O2/c1-3-18-5-7-19(8-6-18)9-13-24-21(22-2)23-12-4-14-26-17-20-10-15-25-16-11-20/h5-8,20H,3-4,9-17H2,1-2H3,(H2,22,23,24). The molecule has 146 valence electrons. The van der Waals surface area contributed by atoms with Gasteiger partial charge < -0.3 is 20.1 Å². The molecule has 0 aromatic heterocycles. The van der Waals surface area contributed by atoms with Gasteiger partial charge in [-0.2, -0.15) is 0 Å². The largest absolute Gasteiger partial charge is 0.381 e. The number of aryl methyl sites for hydroxylation is 1. The molecule has 0 radical (unpaired) electrons. The van der Waals surface area contributed by atoms with Crippen LogP contribution in [0.15, 0.2) is 29.3 Å². The molecule has 1 heterocycles. The molecule has 1 saturated heterocycles. The summed E-state index contributed by atoms with van der Waals surface area (Å²) in [7, 11) is 1.81. The molecule has 0 atom stereocenters. The molecule has 2 rings (SSSR count). The van der Waals surface area contributed by atoms with E-state index in [0.717, 1.165) is 77.6 Å². The summed E-state index contributed by atoms with van der Waals surface area (Å²) in [6, 6.07) is 8.85. The zero-order valence-corrected chi connectivity index (χ0v) is 16.4. The van der Waals surface area contributed by atoms with Crippen molar-refractivity contribution in [2.24, 2.45) is 10.9 Å². The topological polar surface area (TPSA) is 54.9 Å². The van der Waals surface area contributed by atoms with E-state index in [4.69, 9.17) is 9.47 Å². The average Bonchev–Trinajstić information content (AvgIpc) is 2.70. The minimum Gasteiger partial charge on any atom is -0.381 e. The van der Waals surface area contributed by atoms with E-state index in [1.165, 1.54) is 11.1 Å². The molecule has 0 aliphatic carbocycles. The number of rotatable bonds is 10. The lowest BCUT2D eigenvalue weighted by atomic mass is 10.0. The van der Waals surface area contributed by atoms with Gasteiger partial charge >= 0.3 is 0 Å². The normalized spacial score (nSPS) is 15.8. The summed E-state index contributed by atoms with van der Waals surface area (Å²) in [5, 5.41) is 6.72. The second kappa shape index (κ2) is 12.7. The summed E-state index contributed by atoms with van der Waals surface area (Å²) in [5.41, 5.74) is 2.74. The monoisotopic (exact) mass is 361 g/mol. The van der Waals surface area contributed by atoms with Crippen LogP contribution in [0.4, 0.5) is 0 Å². The molecule has 0 amide bonds. The quantitative estimate of drug-likeness (QED) is 0.382. The lowest BCUT2D eigenvalue weighted by molar-refractivity contribution is 0.0203. The van der Waals surface area contributed by atoms with E-state index in [1.54, 1.807) is 0 Å². The van der Waals surface area contributed by atoms with Gasteiger partial charge in [0.15, 0.2) is 5.96 Å². The molecule has 0 saturated carbocycles. The maximum atomic E-state index is 5.79. The lowest BCUT2D eigenvalue weighted by Gasteiger charge is -2.21. The number of hydrogen-bond acceptors (Lipinski definition) is 3. The van der Waals surface area contributed by atoms with Crippen LogP contribution < -0.4 is 10.6 Å². The molecule has 0 bridgehead atoms. The third kappa shape index (κ3) is 8.19. The van der Waals surface area contributed by atoms with Crippen molar-refractivity contribution >= 4 is 5.96 Å². The Labute approximate surface area is 158 Å². The van der Waals surface area contributed by atoms with E-state index < -0.39 is 0 Å². The van der Waals surface area contributed by atoms with Gasteiger partial charge in [-0.25, -0.2) is 0 Å². The van der Waals surface area contributed by atoms with Gasteiger partial charge in [0, 0.05) is 46.6 Å². The van der Waals surface area contributed by atoms with Crippen LogP contribution in [0, 0.1) is 5.92 Å². The first-order valence-electron chi connectivity index (χ1n) is 9.99. The summed E-state index contributed by atoms with van der Waals surface area (Å²) < 4.78 is 11.2. The molecule has 5 nitrogen and oxygen atoms in total. The van der Waals surface area contributed by atoms with Crippen LogP contribution in [0.5, 0.6) is 0 Å². The molecular formula is C21H35N3O2. The zero-order chi connectivity index (χ0) is 18.5. The number of benzene rings is 1. The summed E-state index contributed by atoms with van der Waals surface area (Å²) in [4.78, 5) is 4.28. The summed E-state index contributed by atoms with van der Waals surface area (Å²) in [6.45, 7) is 7.38. The second-order valence-electron chi connectivity index (χ2n) is 6.83. The highest BCUT2D eigenvalue weighted by molar-refractivity contribution is 5.79.